The van der Waals surface area contributed by atoms with E-state index in [0.29, 0.717) is 0 Å². The number of thiazole rings is 1. The number of rotatable bonds is 4. The highest BCUT2D eigenvalue weighted by molar-refractivity contribution is 7.09. The van der Waals surface area contributed by atoms with Crippen LogP contribution in [0.5, 0.6) is 0 Å². The van der Waals surface area contributed by atoms with E-state index in [-0.39, 0.29) is 28.5 Å². The number of carbonyl (C=O) groups is 1. The molecule has 2 aromatic rings. The van der Waals surface area contributed by atoms with Crippen LogP contribution in [-0.4, -0.2) is 15.8 Å². The van der Waals surface area contributed by atoms with Crippen LogP contribution in [0.1, 0.15) is 15.2 Å². The first-order chi connectivity index (χ1) is 9.49. The molecule has 0 radical (unpaired) electrons. The van der Waals surface area contributed by atoms with Crippen LogP contribution in [-0.2, 0) is 6.54 Å². The molecule has 104 valence electrons. The minimum absolute atomic E-state index is 0.0130. The van der Waals surface area contributed by atoms with Crippen molar-refractivity contribution in [1.29, 1.82) is 0 Å². The number of non-ortho nitro benzene ring substituents is 1. The number of nitrogen functional groups attached to an aromatic ring is 1. The van der Waals surface area contributed by atoms with Crippen LogP contribution in [0.25, 0.3) is 0 Å². The third-order valence-electron chi connectivity index (χ3n) is 2.48. The van der Waals surface area contributed by atoms with Gasteiger partial charge in [-0.1, -0.05) is 11.6 Å². The number of amides is 1. The summed E-state index contributed by atoms with van der Waals surface area (Å²) in [6, 6.07) is 2.21. The predicted molar refractivity (Wildman–Crippen MR) is 75.8 cm³/mol. The van der Waals surface area contributed by atoms with Crippen LogP contribution < -0.4 is 11.1 Å². The Morgan fingerprint density at radius 3 is 2.90 bits per heavy atom. The van der Waals surface area contributed by atoms with E-state index in [0.717, 1.165) is 17.0 Å². The molecule has 9 heteroatoms. The summed E-state index contributed by atoms with van der Waals surface area (Å²) in [5.41, 5.74) is 7.02. The van der Waals surface area contributed by atoms with E-state index >= 15 is 0 Å². The zero-order chi connectivity index (χ0) is 14.7. The van der Waals surface area contributed by atoms with Gasteiger partial charge in [0.15, 0.2) is 0 Å². The molecule has 7 nitrogen and oxygen atoms in total. The number of benzene rings is 1. The fourth-order valence-corrected chi connectivity index (χ4v) is 2.24. The van der Waals surface area contributed by atoms with Gasteiger partial charge in [-0.2, -0.15) is 0 Å². The van der Waals surface area contributed by atoms with Gasteiger partial charge >= 0.3 is 0 Å². The first-order valence-corrected chi connectivity index (χ1v) is 6.63. The van der Waals surface area contributed by atoms with Crippen LogP contribution in [0.3, 0.4) is 0 Å². The molecule has 0 saturated heterocycles. The summed E-state index contributed by atoms with van der Waals surface area (Å²) in [6.07, 6.45) is 1.62. The second-order valence-electron chi connectivity index (χ2n) is 3.80. The van der Waals surface area contributed by atoms with Crippen molar-refractivity contribution in [2.24, 2.45) is 0 Å². The Labute approximate surface area is 122 Å². The monoisotopic (exact) mass is 312 g/mol. The van der Waals surface area contributed by atoms with Crippen molar-refractivity contribution in [2.45, 2.75) is 6.54 Å². The molecular weight excluding hydrogens is 304 g/mol. The lowest BCUT2D eigenvalue weighted by Gasteiger charge is -2.08. The molecule has 0 bridgehead atoms. The van der Waals surface area contributed by atoms with Gasteiger partial charge in [0.05, 0.1) is 33.3 Å². The molecule has 0 aliphatic carbocycles. The third-order valence-corrected chi connectivity index (χ3v) is 3.57. The summed E-state index contributed by atoms with van der Waals surface area (Å²) in [4.78, 5) is 26.8. The van der Waals surface area contributed by atoms with Crippen LogP contribution in [0.15, 0.2) is 23.8 Å². The quantitative estimate of drug-likeness (QED) is 0.511. The van der Waals surface area contributed by atoms with Crippen molar-refractivity contribution in [2.75, 3.05) is 5.73 Å². The Balaban J connectivity index is 2.22. The Kier molecular flexibility index (Phi) is 4.16. The second-order valence-corrected chi connectivity index (χ2v) is 5.17. The zero-order valence-electron chi connectivity index (χ0n) is 10.00. The van der Waals surface area contributed by atoms with Crippen molar-refractivity contribution in [3.8, 4) is 0 Å². The summed E-state index contributed by atoms with van der Waals surface area (Å²) < 4.78 is 0. The maximum atomic E-state index is 12.0. The van der Waals surface area contributed by atoms with Crippen LogP contribution >= 0.6 is 22.9 Å². The highest BCUT2D eigenvalue weighted by Gasteiger charge is 2.18. The minimum atomic E-state index is -0.634. The van der Waals surface area contributed by atoms with Crippen LogP contribution in [0, 0.1) is 10.1 Å². The van der Waals surface area contributed by atoms with Gasteiger partial charge in [-0.25, -0.2) is 0 Å². The summed E-state index contributed by atoms with van der Waals surface area (Å²) in [6.45, 7) is 0.267. The van der Waals surface area contributed by atoms with E-state index < -0.39 is 10.8 Å². The van der Waals surface area contributed by atoms with E-state index in [1.807, 2.05) is 0 Å². The van der Waals surface area contributed by atoms with Gasteiger partial charge in [0, 0.05) is 23.2 Å². The maximum absolute atomic E-state index is 12.0. The number of hydrogen-bond acceptors (Lipinski definition) is 6. The Morgan fingerprint density at radius 2 is 2.30 bits per heavy atom. The molecule has 0 unspecified atom stereocenters. The molecule has 1 aromatic carbocycles. The number of nitrogens with zero attached hydrogens (tertiary/aromatic N) is 2. The van der Waals surface area contributed by atoms with Gasteiger partial charge < -0.3 is 11.1 Å². The highest BCUT2D eigenvalue weighted by atomic mass is 35.5. The van der Waals surface area contributed by atoms with Crippen molar-refractivity contribution in [3.05, 3.63) is 49.4 Å². The molecule has 0 saturated carbocycles. The van der Waals surface area contributed by atoms with Crippen LogP contribution in [0.2, 0.25) is 5.02 Å². The van der Waals surface area contributed by atoms with E-state index in [1.54, 1.807) is 11.7 Å². The number of nitro groups is 1. The second kappa shape index (κ2) is 5.85. The number of nitrogens with two attached hydrogens (primary N) is 1. The summed E-state index contributed by atoms with van der Waals surface area (Å²) in [7, 11) is 0. The average Bonchev–Trinajstić information content (AvgIpc) is 2.92. The van der Waals surface area contributed by atoms with Crippen molar-refractivity contribution in [3.63, 3.8) is 0 Å². The van der Waals surface area contributed by atoms with E-state index in [1.165, 1.54) is 11.3 Å². The fraction of sp³-hybridized carbons (Fsp3) is 0.0909. The van der Waals surface area contributed by atoms with E-state index in [2.05, 4.69) is 10.3 Å². The molecule has 1 heterocycles. The molecule has 1 amide bonds. The lowest BCUT2D eigenvalue weighted by Crippen LogP contribution is -2.23. The van der Waals surface area contributed by atoms with E-state index in [9.17, 15) is 14.9 Å². The normalized spacial score (nSPS) is 10.2. The SMILES string of the molecule is Nc1c(Cl)cc([N+](=O)[O-])cc1C(=O)NCc1cncs1. The lowest BCUT2D eigenvalue weighted by molar-refractivity contribution is -0.384. The molecule has 0 fully saturated rings. The highest BCUT2D eigenvalue weighted by Crippen LogP contribution is 2.28. The molecule has 0 spiro atoms. The Hall–Kier alpha value is -2.19. The smallest absolute Gasteiger partial charge is 0.271 e. The summed E-state index contributed by atoms with van der Waals surface area (Å²) in [5.74, 6) is -0.526. The number of anilines is 1. The van der Waals surface area contributed by atoms with Gasteiger partial charge in [0.2, 0.25) is 0 Å². The minimum Gasteiger partial charge on any atom is -0.397 e. The standard InChI is InChI=1S/C11H9ClN4O3S/c12-9-2-6(16(18)19)1-8(10(9)13)11(17)15-4-7-3-14-5-20-7/h1-3,5H,4,13H2,(H,15,17). The van der Waals surface area contributed by atoms with Crippen molar-refractivity contribution >= 4 is 40.2 Å². The zero-order valence-corrected chi connectivity index (χ0v) is 11.6. The molecule has 2 rings (SSSR count). The first-order valence-electron chi connectivity index (χ1n) is 5.38. The number of halogens is 1. The topological polar surface area (TPSA) is 111 Å². The fourth-order valence-electron chi connectivity index (χ4n) is 1.49. The first kappa shape index (κ1) is 14.2. The number of nitro benzene ring substituents is 1. The average molecular weight is 313 g/mol. The summed E-state index contributed by atoms with van der Waals surface area (Å²) in [5, 5.41) is 13.3. The molecule has 0 atom stereocenters. The predicted octanol–water partition coefficient (Wildman–Crippen LogP) is 2.22. The largest absolute Gasteiger partial charge is 0.397 e. The Bertz CT molecular complexity index is 660. The third kappa shape index (κ3) is 3.03. The lowest BCUT2D eigenvalue weighted by atomic mass is 10.1. The number of aromatic nitrogens is 1. The summed E-state index contributed by atoms with van der Waals surface area (Å²) >= 11 is 7.17. The molecule has 20 heavy (non-hydrogen) atoms. The molecule has 0 aliphatic rings. The molecule has 1 aromatic heterocycles. The number of nitrogens with one attached hydrogen (secondary N) is 1. The number of carbonyl (C=O) groups excluding carboxylic acids is 1. The van der Waals surface area contributed by atoms with Crippen molar-refractivity contribution < 1.29 is 9.72 Å². The Morgan fingerprint density at radius 1 is 1.55 bits per heavy atom. The van der Waals surface area contributed by atoms with E-state index in [4.69, 9.17) is 17.3 Å². The van der Waals surface area contributed by atoms with Crippen molar-refractivity contribution in [1.82, 2.24) is 10.3 Å². The molecule has 0 aliphatic heterocycles. The van der Waals surface area contributed by atoms with Gasteiger partial charge in [-0.05, 0) is 0 Å². The van der Waals surface area contributed by atoms with Gasteiger partial charge in [-0.3, -0.25) is 19.9 Å². The van der Waals surface area contributed by atoms with Gasteiger partial charge in [0.25, 0.3) is 11.6 Å². The van der Waals surface area contributed by atoms with Gasteiger partial charge in [-0.15, -0.1) is 11.3 Å². The molecule has 3 N–H and O–H groups in total. The molecular formula is C11H9ClN4O3S. The van der Waals surface area contributed by atoms with Crippen LogP contribution in [0.4, 0.5) is 11.4 Å². The number of hydrogen-bond donors (Lipinski definition) is 2. The maximum Gasteiger partial charge on any atom is 0.271 e. The van der Waals surface area contributed by atoms with Gasteiger partial charge in [0.1, 0.15) is 0 Å².